The number of nitrogens with one attached hydrogen (secondary N) is 1. The molecule has 1 aromatic heterocycles. The number of nitrogen functional groups attached to an aromatic ring is 1. The Morgan fingerprint density at radius 1 is 1.06 bits per heavy atom. The zero-order valence-electron chi connectivity index (χ0n) is 16.7. The predicted molar refractivity (Wildman–Crippen MR) is 120 cm³/mol. The molecule has 0 radical (unpaired) electrons. The Morgan fingerprint density at radius 3 is 2.58 bits per heavy atom. The highest BCUT2D eigenvalue weighted by molar-refractivity contribution is 5.93. The van der Waals surface area contributed by atoms with Crippen molar-refractivity contribution >= 4 is 28.2 Å². The molecule has 0 saturated carbocycles. The number of anilines is 2. The standard InChI is InChI=1S/C14H15N3O2.C9H7NO2/c15-6-8-1-2-9-3-4-17(7-10(9)5-8)12-11(16)13(18)14(12)19;11-9(12)7-1-2-8-6(5-7)3-4-10-8/h1-2,5H,3-4,6-7,15-16H2;1-5,10H,(H,11,12). The molecule has 0 spiro atoms. The van der Waals surface area contributed by atoms with Crippen LogP contribution < -0.4 is 27.2 Å². The summed E-state index contributed by atoms with van der Waals surface area (Å²) in [6.07, 6.45) is 2.63. The number of rotatable bonds is 3. The minimum atomic E-state index is -0.891. The van der Waals surface area contributed by atoms with Crippen LogP contribution in [0.5, 0.6) is 0 Å². The maximum absolute atomic E-state index is 11.6. The number of aromatic amines is 1. The van der Waals surface area contributed by atoms with Crippen molar-refractivity contribution in [3.8, 4) is 0 Å². The molecule has 8 nitrogen and oxygen atoms in total. The Bertz CT molecular complexity index is 1350. The molecule has 158 valence electrons. The molecule has 0 unspecified atom stereocenters. The van der Waals surface area contributed by atoms with E-state index >= 15 is 0 Å². The summed E-state index contributed by atoms with van der Waals surface area (Å²) in [4.78, 5) is 38.2. The maximum atomic E-state index is 11.6. The smallest absolute Gasteiger partial charge is 0.335 e. The number of carboxylic acids is 1. The number of fused-ring (bicyclic) bond motifs is 2. The van der Waals surface area contributed by atoms with Crippen molar-refractivity contribution in [2.75, 3.05) is 17.2 Å². The van der Waals surface area contributed by atoms with E-state index in [0.717, 1.165) is 28.5 Å². The molecule has 1 aliphatic heterocycles. The Kier molecular flexibility index (Phi) is 5.31. The van der Waals surface area contributed by atoms with Gasteiger partial charge in [-0.15, -0.1) is 0 Å². The number of aromatic nitrogens is 1. The lowest BCUT2D eigenvalue weighted by atomic mass is 9.96. The molecule has 4 aromatic rings. The molecule has 0 saturated heterocycles. The summed E-state index contributed by atoms with van der Waals surface area (Å²) in [5.74, 6) is -0.891. The van der Waals surface area contributed by atoms with E-state index in [1.165, 1.54) is 5.56 Å². The number of aromatic carboxylic acids is 1. The van der Waals surface area contributed by atoms with E-state index in [2.05, 4.69) is 17.1 Å². The Balaban J connectivity index is 0.000000166. The van der Waals surface area contributed by atoms with E-state index in [4.69, 9.17) is 16.6 Å². The molecule has 0 amide bonds. The molecule has 5 rings (SSSR count). The van der Waals surface area contributed by atoms with Crippen LogP contribution in [0.3, 0.4) is 0 Å². The van der Waals surface area contributed by atoms with E-state index in [9.17, 15) is 14.4 Å². The summed E-state index contributed by atoms with van der Waals surface area (Å²) < 4.78 is 0. The van der Waals surface area contributed by atoms with Crippen LogP contribution in [-0.4, -0.2) is 22.6 Å². The van der Waals surface area contributed by atoms with Crippen LogP contribution in [0.1, 0.15) is 27.0 Å². The molecule has 3 aromatic carbocycles. The van der Waals surface area contributed by atoms with Gasteiger partial charge in [0.2, 0.25) is 0 Å². The largest absolute Gasteiger partial charge is 0.478 e. The number of nitrogens with two attached hydrogens (primary N) is 2. The lowest BCUT2D eigenvalue weighted by Crippen LogP contribution is -2.44. The third-order valence-electron chi connectivity index (χ3n) is 5.56. The minimum Gasteiger partial charge on any atom is -0.478 e. The molecular formula is C23H22N4O4. The van der Waals surface area contributed by atoms with E-state index < -0.39 is 16.8 Å². The number of nitrogens with zero attached hydrogens (tertiary/aromatic N) is 1. The molecule has 31 heavy (non-hydrogen) atoms. The fraction of sp³-hybridized carbons (Fsp3) is 0.174. The monoisotopic (exact) mass is 418 g/mol. The zero-order chi connectivity index (χ0) is 22.1. The van der Waals surface area contributed by atoms with Gasteiger partial charge in [-0.1, -0.05) is 18.2 Å². The lowest BCUT2D eigenvalue weighted by molar-refractivity contribution is 0.0697. The number of hydrogen-bond donors (Lipinski definition) is 4. The first-order valence-corrected chi connectivity index (χ1v) is 9.84. The summed E-state index contributed by atoms with van der Waals surface area (Å²) in [7, 11) is 0. The number of carbonyl (C=O) groups is 1. The number of hydrogen-bond acceptors (Lipinski definition) is 6. The van der Waals surface area contributed by atoms with Crippen LogP contribution >= 0.6 is 0 Å². The fourth-order valence-electron chi connectivity index (χ4n) is 3.83. The number of H-pyrrole nitrogens is 1. The maximum Gasteiger partial charge on any atom is 0.335 e. The minimum absolute atomic E-state index is 0.100. The molecule has 6 N–H and O–H groups in total. The summed E-state index contributed by atoms with van der Waals surface area (Å²) in [5, 5.41) is 9.60. The van der Waals surface area contributed by atoms with Gasteiger partial charge in [0.15, 0.2) is 0 Å². The van der Waals surface area contributed by atoms with Crippen molar-refractivity contribution in [3.05, 3.63) is 91.4 Å². The predicted octanol–water partition coefficient (Wildman–Crippen LogP) is 1.75. The van der Waals surface area contributed by atoms with E-state index in [1.807, 2.05) is 17.0 Å². The molecule has 0 fully saturated rings. The highest BCUT2D eigenvalue weighted by Gasteiger charge is 2.26. The fourth-order valence-corrected chi connectivity index (χ4v) is 3.83. The average Bonchev–Trinajstić information content (AvgIpc) is 3.26. The molecule has 0 bridgehead atoms. The van der Waals surface area contributed by atoms with Gasteiger partial charge < -0.3 is 26.5 Å². The molecule has 2 heterocycles. The van der Waals surface area contributed by atoms with Gasteiger partial charge in [-0.2, -0.15) is 0 Å². The highest BCUT2D eigenvalue weighted by Crippen LogP contribution is 2.26. The zero-order valence-corrected chi connectivity index (χ0v) is 16.7. The normalized spacial score (nSPS) is 13.0. The molecule has 8 heteroatoms. The Hall–Kier alpha value is -3.91. The molecule has 0 aliphatic carbocycles. The number of carboxylic acid groups (broad SMARTS) is 1. The Morgan fingerprint density at radius 2 is 1.87 bits per heavy atom. The van der Waals surface area contributed by atoms with Crippen molar-refractivity contribution in [1.29, 1.82) is 0 Å². The first kappa shape index (κ1) is 20.4. The number of benzene rings is 2. The first-order valence-electron chi connectivity index (χ1n) is 9.84. The van der Waals surface area contributed by atoms with Gasteiger partial charge >= 0.3 is 5.97 Å². The SMILES string of the molecule is NCc1ccc2c(c1)CN(c1c(N)c(=O)c1=O)CC2.O=C(O)c1ccc2[nH]ccc2c1. The van der Waals surface area contributed by atoms with Crippen LogP contribution in [0.2, 0.25) is 0 Å². The van der Waals surface area contributed by atoms with Crippen LogP contribution in [0.4, 0.5) is 11.4 Å². The quantitative estimate of drug-likeness (QED) is 0.371. The van der Waals surface area contributed by atoms with Gasteiger partial charge in [0.1, 0.15) is 11.4 Å². The van der Waals surface area contributed by atoms with Crippen molar-refractivity contribution in [1.82, 2.24) is 4.98 Å². The van der Waals surface area contributed by atoms with Crippen molar-refractivity contribution in [3.63, 3.8) is 0 Å². The second-order valence-electron chi connectivity index (χ2n) is 7.48. The van der Waals surface area contributed by atoms with Gasteiger partial charge in [0, 0.05) is 36.7 Å². The second-order valence-corrected chi connectivity index (χ2v) is 7.48. The molecule has 1 aliphatic rings. The van der Waals surface area contributed by atoms with Crippen LogP contribution in [-0.2, 0) is 19.5 Å². The van der Waals surface area contributed by atoms with Crippen LogP contribution in [0, 0.1) is 0 Å². The average molecular weight is 418 g/mol. The van der Waals surface area contributed by atoms with Crippen molar-refractivity contribution in [2.24, 2.45) is 5.73 Å². The van der Waals surface area contributed by atoms with E-state index in [1.54, 1.807) is 24.4 Å². The Labute approximate surface area is 177 Å². The second kappa shape index (κ2) is 8.08. The summed E-state index contributed by atoms with van der Waals surface area (Å²) in [5.41, 5.74) is 15.5. The van der Waals surface area contributed by atoms with Gasteiger partial charge in [-0.05, 0) is 47.4 Å². The van der Waals surface area contributed by atoms with Crippen molar-refractivity contribution in [2.45, 2.75) is 19.5 Å². The summed E-state index contributed by atoms with van der Waals surface area (Å²) >= 11 is 0. The summed E-state index contributed by atoms with van der Waals surface area (Å²) in [6, 6.07) is 13.0. The van der Waals surface area contributed by atoms with Gasteiger partial charge in [0.05, 0.1) is 5.56 Å². The third-order valence-corrected chi connectivity index (χ3v) is 5.56. The summed E-state index contributed by atoms with van der Waals surface area (Å²) in [6.45, 7) is 1.82. The topological polar surface area (TPSA) is 143 Å². The van der Waals surface area contributed by atoms with E-state index in [0.29, 0.717) is 30.9 Å². The molecule has 0 atom stereocenters. The lowest BCUT2D eigenvalue weighted by Gasteiger charge is -2.31. The van der Waals surface area contributed by atoms with Gasteiger partial charge in [-0.3, -0.25) is 9.59 Å². The van der Waals surface area contributed by atoms with Crippen LogP contribution in [0.25, 0.3) is 10.9 Å². The third kappa shape index (κ3) is 3.80. The van der Waals surface area contributed by atoms with Crippen molar-refractivity contribution < 1.29 is 9.90 Å². The van der Waals surface area contributed by atoms with Gasteiger partial charge in [-0.25, -0.2) is 4.79 Å². The molecular weight excluding hydrogens is 396 g/mol. The first-order chi connectivity index (χ1) is 14.9. The van der Waals surface area contributed by atoms with Gasteiger partial charge in [0.25, 0.3) is 10.9 Å². The van der Waals surface area contributed by atoms with Crippen LogP contribution in [0.15, 0.2) is 58.3 Å². The highest BCUT2D eigenvalue weighted by atomic mass is 16.4. The van der Waals surface area contributed by atoms with E-state index in [-0.39, 0.29) is 5.69 Å².